The van der Waals surface area contributed by atoms with Gasteiger partial charge < -0.3 is 15.0 Å². The summed E-state index contributed by atoms with van der Waals surface area (Å²) in [6.45, 7) is 4.14. The van der Waals surface area contributed by atoms with Crippen molar-refractivity contribution in [2.75, 3.05) is 31.6 Å². The van der Waals surface area contributed by atoms with Gasteiger partial charge in [0.15, 0.2) is 5.78 Å². The van der Waals surface area contributed by atoms with Crippen LogP contribution in [0.1, 0.15) is 36.5 Å². The van der Waals surface area contributed by atoms with E-state index < -0.39 is 0 Å². The number of ether oxygens (including phenoxy) is 1. The van der Waals surface area contributed by atoms with Gasteiger partial charge in [0.2, 0.25) is 0 Å². The van der Waals surface area contributed by atoms with Crippen molar-refractivity contribution in [2.45, 2.75) is 32.2 Å². The smallest absolute Gasteiger partial charge is 0.271 e. The van der Waals surface area contributed by atoms with E-state index in [1.165, 1.54) is 6.08 Å². The molecule has 0 aromatic carbocycles. The second kappa shape index (κ2) is 7.44. The molecule has 2 N–H and O–H groups in total. The minimum Gasteiger partial charge on any atom is -0.378 e. The fraction of sp³-hybridized carbons (Fsp3) is 0.474. The molecule has 0 bridgehead atoms. The van der Waals surface area contributed by atoms with Gasteiger partial charge in [-0.1, -0.05) is 0 Å². The highest BCUT2D eigenvalue weighted by atomic mass is 32.1. The minimum absolute atomic E-state index is 0.137. The summed E-state index contributed by atoms with van der Waals surface area (Å²) in [6, 6.07) is 0.331. The number of anilines is 1. The van der Waals surface area contributed by atoms with E-state index in [0.29, 0.717) is 54.2 Å². The van der Waals surface area contributed by atoms with Gasteiger partial charge in [0.25, 0.3) is 5.56 Å². The van der Waals surface area contributed by atoms with Gasteiger partial charge in [0.05, 0.1) is 18.9 Å². The zero-order valence-corrected chi connectivity index (χ0v) is 16.0. The highest BCUT2D eigenvalue weighted by molar-refractivity contribution is 7.10. The van der Waals surface area contributed by atoms with E-state index >= 15 is 0 Å². The number of hydrogen-bond acceptors (Lipinski definition) is 6. The number of halogens is 1. The Labute approximate surface area is 160 Å². The van der Waals surface area contributed by atoms with Crippen LogP contribution >= 0.6 is 11.5 Å². The SMILES string of the molecule is CC1=C(C(=O)c2c(NC3CC3)s[nH]c2=O)CC=C(F)C(N2CCOCC2)=C1. The van der Waals surface area contributed by atoms with Crippen LogP contribution in [0.25, 0.3) is 0 Å². The summed E-state index contributed by atoms with van der Waals surface area (Å²) in [6.07, 6.45) is 5.40. The van der Waals surface area contributed by atoms with Crippen molar-refractivity contribution in [2.24, 2.45) is 0 Å². The van der Waals surface area contributed by atoms with Gasteiger partial charge in [0.1, 0.15) is 16.4 Å². The number of carbonyl (C=O) groups excluding carboxylic acids is 1. The molecule has 6 nitrogen and oxygen atoms in total. The predicted molar refractivity (Wildman–Crippen MR) is 103 cm³/mol. The molecule has 144 valence electrons. The molecule has 1 saturated heterocycles. The Morgan fingerprint density at radius 2 is 2.11 bits per heavy atom. The first-order chi connectivity index (χ1) is 13.0. The van der Waals surface area contributed by atoms with E-state index in [9.17, 15) is 14.0 Å². The largest absolute Gasteiger partial charge is 0.378 e. The van der Waals surface area contributed by atoms with E-state index in [1.807, 2.05) is 4.90 Å². The molecule has 0 atom stereocenters. The molecule has 27 heavy (non-hydrogen) atoms. The van der Waals surface area contributed by atoms with E-state index in [1.54, 1.807) is 13.0 Å². The molecule has 0 spiro atoms. The standard InChI is InChI=1S/C19H22FN3O3S/c1-11-10-15(23-6-8-26-9-7-23)14(20)5-4-13(11)17(24)16-18(25)22-27-19(16)21-12-2-3-12/h5,10,12,21H,2-4,6-9H2,1H3,(H,22,25). The summed E-state index contributed by atoms with van der Waals surface area (Å²) < 4.78 is 22.7. The molecule has 0 radical (unpaired) electrons. The first-order valence-corrected chi connectivity index (χ1v) is 9.99. The number of Topliss-reactive ketones (excluding diaryl/α,β-unsaturated/α-hetero) is 1. The Kier molecular flexibility index (Phi) is 5.01. The average Bonchev–Trinajstić information content (AvgIpc) is 3.43. The third-order valence-corrected chi connectivity index (χ3v) is 5.84. The summed E-state index contributed by atoms with van der Waals surface area (Å²) in [4.78, 5) is 27.3. The second-order valence-corrected chi connectivity index (χ2v) is 7.85. The lowest BCUT2D eigenvalue weighted by Crippen LogP contribution is -2.35. The monoisotopic (exact) mass is 391 g/mol. The lowest BCUT2D eigenvalue weighted by atomic mass is 9.98. The van der Waals surface area contributed by atoms with Crippen molar-refractivity contribution < 1.29 is 13.9 Å². The molecule has 4 rings (SSSR count). The first kappa shape index (κ1) is 18.2. The van der Waals surface area contributed by atoms with Crippen molar-refractivity contribution >= 4 is 22.3 Å². The lowest BCUT2D eigenvalue weighted by Gasteiger charge is -2.30. The zero-order chi connectivity index (χ0) is 19.0. The molecule has 2 aliphatic carbocycles. The molecule has 2 fully saturated rings. The van der Waals surface area contributed by atoms with Crippen LogP contribution in [0.3, 0.4) is 0 Å². The Morgan fingerprint density at radius 1 is 1.37 bits per heavy atom. The number of aromatic nitrogens is 1. The molecule has 0 amide bonds. The number of rotatable bonds is 5. The Morgan fingerprint density at radius 3 is 2.81 bits per heavy atom. The molecule has 0 unspecified atom stereocenters. The maximum atomic E-state index is 14.7. The predicted octanol–water partition coefficient (Wildman–Crippen LogP) is 2.98. The number of morpholine rings is 1. The van der Waals surface area contributed by atoms with E-state index in [0.717, 1.165) is 24.4 Å². The summed E-state index contributed by atoms with van der Waals surface area (Å²) in [5.41, 5.74) is 1.37. The molecule has 1 saturated carbocycles. The van der Waals surface area contributed by atoms with Gasteiger partial charge in [0, 0.05) is 24.7 Å². The van der Waals surface area contributed by atoms with Gasteiger partial charge in [-0.3, -0.25) is 14.0 Å². The fourth-order valence-electron chi connectivity index (χ4n) is 3.31. The molecular formula is C19H22FN3O3S. The van der Waals surface area contributed by atoms with Crippen LogP contribution < -0.4 is 10.9 Å². The van der Waals surface area contributed by atoms with Crippen LogP contribution in [0, 0.1) is 0 Å². The molecule has 8 heteroatoms. The lowest BCUT2D eigenvalue weighted by molar-refractivity contribution is 0.0535. The Hall–Kier alpha value is -2.19. The Balaban J connectivity index is 1.67. The number of carbonyl (C=O) groups is 1. The normalized spacial score (nSPS) is 20.9. The zero-order valence-electron chi connectivity index (χ0n) is 15.1. The van der Waals surface area contributed by atoms with Gasteiger partial charge in [-0.05, 0) is 55.4 Å². The Bertz CT molecular complexity index is 902. The number of allylic oxidation sites excluding steroid dienone is 5. The van der Waals surface area contributed by atoms with Gasteiger partial charge in [-0.15, -0.1) is 0 Å². The topological polar surface area (TPSA) is 74.4 Å². The fourth-order valence-corrected chi connectivity index (χ4v) is 4.12. The maximum absolute atomic E-state index is 14.7. The van der Waals surface area contributed by atoms with Crippen LogP contribution in [0.4, 0.5) is 9.39 Å². The number of hydrogen-bond donors (Lipinski definition) is 2. The van der Waals surface area contributed by atoms with Crippen LogP contribution in [0.2, 0.25) is 0 Å². The van der Waals surface area contributed by atoms with Crippen molar-refractivity contribution in [3.8, 4) is 0 Å². The van der Waals surface area contributed by atoms with Crippen LogP contribution in [-0.2, 0) is 4.74 Å². The van der Waals surface area contributed by atoms with Gasteiger partial charge >= 0.3 is 0 Å². The molecule has 1 aromatic heterocycles. The highest BCUT2D eigenvalue weighted by Crippen LogP contribution is 2.32. The van der Waals surface area contributed by atoms with Crippen molar-refractivity contribution in [1.29, 1.82) is 0 Å². The quantitative estimate of drug-likeness (QED) is 0.755. The summed E-state index contributed by atoms with van der Waals surface area (Å²) in [7, 11) is 0. The number of nitrogens with zero attached hydrogens (tertiary/aromatic N) is 1. The third kappa shape index (κ3) is 3.77. The summed E-state index contributed by atoms with van der Waals surface area (Å²) >= 11 is 1.15. The van der Waals surface area contributed by atoms with Crippen molar-refractivity contribution in [1.82, 2.24) is 9.27 Å². The summed E-state index contributed by atoms with van der Waals surface area (Å²) in [5, 5.41) is 3.82. The average molecular weight is 391 g/mol. The molecule has 2 heterocycles. The van der Waals surface area contributed by atoms with Crippen LogP contribution in [0.5, 0.6) is 0 Å². The van der Waals surface area contributed by atoms with E-state index in [-0.39, 0.29) is 29.2 Å². The first-order valence-electron chi connectivity index (χ1n) is 9.17. The molecule has 3 aliphatic rings. The summed E-state index contributed by atoms with van der Waals surface area (Å²) in [5.74, 6) is -0.670. The number of ketones is 1. The number of nitrogens with one attached hydrogen (secondary N) is 2. The van der Waals surface area contributed by atoms with Crippen LogP contribution in [0.15, 0.2) is 39.6 Å². The van der Waals surface area contributed by atoms with Crippen LogP contribution in [-0.4, -0.2) is 47.4 Å². The van der Waals surface area contributed by atoms with Gasteiger partial charge in [-0.25, -0.2) is 4.39 Å². The third-order valence-electron chi connectivity index (χ3n) is 5.02. The number of aromatic amines is 1. The molecular weight excluding hydrogens is 369 g/mol. The highest BCUT2D eigenvalue weighted by Gasteiger charge is 2.29. The van der Waals surface area contributed by atoms with Crippen molar-refractivity contribution in [3.63, 3.8) is 0 Å². The van der Waals surface area contributed by atoms with E-state index in [2.05, 4.69) is 9.69 Å². The molecule has 1 aliphatic heterocycles. The van der Waals surface area contributed by atoms with Gasteiger partial charge in [-0.2, -0.15) is 0 Å². The number of H-pyrrole nitrogens is 1. The molecule has 1 aromatic rings. The second-order valence-electron chi connectivity index (χ2n) is 7.03. The minimum atomic E-state index is -0.389. The van der Waals surface area contributed by atoms with E-state index in [4.69, 9.17) is 4.74 Å². The maximum Gasteiger partial charge on any atom is 0.271 e. The van der Waals surface area contributed by atoms with Crippen molar-refractivity contribution in [3.05, 3.63) is 50.7 Å².